The van der Waals surface area contributed by atoms with E-state index in [4.69, 9.17) is 23.2 Å². The lowest BCUT2D eigenvalue weighted by molar-refractivity contribution is 0.0636. The normalized spacial score (nSPS) is 17.6. The number of pyridine rings is 1. The van der Waals surface area contributed by atoms with E-state index < -0.39 is 11.6 Å². The number of fused-ring (bicyclic) bond motifs is 3. The van der Waals surface area contributed by atoms with Gasteiger partial charge in [-0.05, 0) is 25.1 Å². The van der Waals surface area contributed by atoms with Crippen LogP contribution in [0.3, 0.4) is 0 Å². The molecule has 0 saturated heterocycles. The van der Waals surface area contributed by atoms with Crippen molar-refractivity contribution in [3.8, 4) is 0 Å². The number of aromatic nitrogens is 3. The monoisotopic (exact) mass is 505 g/mol. The molecule has 4 heterocycles. The van der Waals surface area contributed by atoms with E-state index in [0.29, 0.717) is 34.8 Å². The molecule has 2 aromatic heterocycles. The van der Waals surface area contributed by atoms with Gasteiger partial charge in [0.1, 0.15) is 17.3 Å². The highest BCUT2D eigenvalue weighted by Gasteiger charge is 2.37. The van der Waals surface area contributed by atoms with Gasteiger partial charge in [0.15, 0.2) is 0 Å². The van der Waals surface area contributed by atoms with Crippen LogP contribution in [0.4, 0.5) is 8.78 Å². The number of rotatable bonds is 3. The van der Waals surface area contributed by atoms with Gasteiger partial charge in [-0.15, -0.1) is 0 Å². The zero-order valence-electron chi connectivity index (χ0n) is 18.1. The van der Waals surface area contributed by atoms with E-state index in [1.807, 2.05) is 6.92 Å². The summed E-state index contributed by atoms with van der Waals surface area (Å²) in [7, 11) is 0. The molecule has 2 aliphatic heterocycles. The highest BCUT2D eigenvalue weighted by molar-refractivity contribution is 6.42. The van der Waals surface area contributed by atoms with Gasteiger partial charge in [-0.25, -0.2) is 8.78 Å². The predicted molar refractivity (Wildman–Crippen MR) is 121 cm³/mol. The van der Waals surface area contributed by atoms with Gasteiger partial charge in [-0.1, -0.05) is 23.2 Å². The van der Waals surface area contributed by atoms with Crippen LogP contribution < -0.4 is 0 Å². The summed E-state index contributed by atoms with van der Waals surface area (Å²) in [4.78, 5) is 33.1. The number of nitrogens with zero attached hydrogens (tertiary/aromatic N) is 5. The molecule has 0 spiro atoms. The molecule has 1 aromatic carbocycles. The molecule has 0 saturated carbocycles. The van der Waals surface area contributed by atoms with E-state index in [1.54, 1.807) is 21.7 Å². The van der Waals surface area contributed by atoms with Crippen LogP contribution >= 0.6 is 23.2 Å². The molecule has 1 atom stereocenters. The Morgan fingerprint density at radius 3 is 2.59 bits per heavy atom. The molecule has 0 unspecified atom stereocenters. The highest BCUT2D eigenvalue weighted by atomic mass is 35.5. The maximum absolute atomic E-state index is 14.1. The molecule has 0 bridgehead atoms. The van der Waals surface area contributed by atoms with Gasteiger partial charge in [0.05, 0.1) is 47.8 Å². The van der Waals surface area contributed by atoms with E-state index in [-0.39, 0.29) is 48.1 Å². The van der Waals surface area contributed by atoms with Crippen LogP contribution in [0.5, 0.6) is 0 Å². The SMILES string of the molecule is C[C@@H]1Cc2nn3c(c2CN1C(=O)c1ccc(Cl)c(Cl)c1)C(=O)N(Cc1c(F)cncc1F)CC3. The molecule has 11 heteroatoms. The van der Waals surface area contributed by atoms with Crippen molar-refractivity contribution in [3.05, 3.63) is 80.4 Å². The highest BCUT2D eigenvalue weighted by Crippen LogP contribution is 2.31. The number of carbonyl (C=O) groups excluding carboxylic acids is 2. The second kappa shape index (κ2) is 8.63. The molecule has 5 rings (SSSR count). The Labute approximate surface area is 203 Å². The van der Waals surface area contributed by atoms with Crippen LogP contribution in [-0.2, 0) is 26.1 Å². The van der Waals surface area contributed by atoms with Crippen LogP contribution in [0.1, 0.15) is 44.6 Å². The van der Waals surface area contributed by atoms with Crippen molar-refractivity contribution in [3.63, 3.8) is 0 Å². The van der Waals surface area contributed by atoms with Crippen molar-refractivity contribution >= 4 is 35.0 Å². The Morgan fingerprint density at radius 2 is 1.88 bits per heavy atom. The minimum atomic E-state index is -0.805. The first kappa shape index (κ1) is 22.7. The zero-order valence-corrected chi connectivity index (χ0v) is 19.6. The third-order valence-corrected chi connectivity index (χ3v) is 7.02. The predicted octanol–water partition coefficient (Wildman–Crippen LogP) is 4.11. The number of hydrogen-bond donors (Lipinski definition) is 0. The maximum Gasteiger partial charge on any atom is 0.272 e. The Balaban J connectivity index is 1.44. The number of carbonyl (C=O) groups is 2. The number of hydrogen-bond acceptors (Lipinski definition) is 4. The van der Waals surface area contributed by atoms with Crippen molar-refractivity contribution in [1.82, 2.24) is 24.6 Å². The molecule has 0 N–H and O–H groups in total. The molecule has 176 valence electrons. The molecule has 3 aromatic rings. The summed E-state index contributed by atoms with van der Waals surface area (Å²) in [5.74, 6) is -2.23. The second-order valence-electron chi connectivity index (χ2n) is 8.42. The van der Waals surface area contributed by atoms with Gasteiger partial charge in [-0.3, -0.25) is 19.3 Å². The average molecular weight is 506 g/mol. The Bertz CT molecular complexity index is 1310. The summed E-state index contributed by atoms with van der Waals surface area (Å²) in [6.45, 7) is 2.52. The van der Waals surface area contributed by atoms with Crippen LogP contribution in [0.2, 0.25) is 10.0 Å². The quantitative estimate of drug-likeness (QED) is 0.537. The summed E-state index contributed by atoms with van der Waals surface area (Å²) >= 11 is 12.1. The van der Waals surface area contributed by atoms with Crippen LogP contribution in [0, 0.1) is 11.6 Å². The first-order valence-corrected chi connectivity index (χ1v) is 11.4. The fourth-order valence-corrected chi connectivity index (χ4v) is 4.76. The van der Waals surface area contributed by atoms with Crippen LogP contribution in [-0.4, -0.2) is 49.0 Å². The smallest absolute Gasteiger partial charge is 0.272 e. The largest absolute Gasteiger partial charge is 0.331 e. The van der Waals surface area contributed by atoms with Gasteiger partial charge >= 0.3 is 0 Å². The molecule has 34 heavy (non-hydrogen) atoms. The van der Waals surface area contributed by atoms with E-state index in [9.17, 15) is 18.4 Å². The molecular formula is C23H19Cl2F2N5O2. The maximum atomic E-state index is 14.1. The van der Waals surface area contributed by atoms with Gasteiger partial charge in [0, 0.05) is 35.7 Å². The summed E-state index contributed by atoms with van der Waals surface area (Å²) in [5, 5.41) is 5.23. The van der Waals surface area contributed by atoms with Crippen molar-refractivity contribution in [2.24, 2.45) is 0 Å². The number of benzene rings is 1. The minimum absolute atomic E-state index is 0.155. The molecular weight excluding hydrogens is 487 g/mol. The average Bonchev–Trinajstić information content (AvgIpc) is 3.16. The number of amides is 2. The Morgan fingerprint density at radius 1 is 1.15 bits per heavy atom. The minimum Gasteiger partial charge on any atom is -0.331 e. The van der Waals surface area contributed by atoms with Crippen molar-refractivity contribution < 1.29 is 18.4 Å². The van der Waals surface area contributed by atoms with Gasteiger partial charge < -0.3 is 9.80 Å². The van der Waals surface area contributed by atoms with Gasteiger partial charge in [-0.2, -0.15) is 5.10 Å². The van der Waals surface area contributed by atoms with Crippen LogP contribution in [0.25, 0.3) is 0 Å². The third kappa shape index (κ3) is 3.82. The topological polar surface area (TPSA) is 71.3 Å². The lowest BCUT2D eigenvalue weighted by Gasteiger charge is -2.34. The molecule has 7 nitrogen and oxygen atoms in total. The second-order valence-corrected chi connectivity index (χ2v) is 9.23. The van der Waals surface area contributed by atoms with Crippen molar-refractivity contribution in [2.45, 2.75) is 39.0 Å². The molecule has 2 amide bonds. The van der Waals surface area contributed by atoms with Crippen molar-refractivity contribution in [1.29, 1.82) is 0 Å². The first-order valence-electron chi connectivity index (χ1n) is 10.7. The number of halogens is 4. The molecule has 0 fully saturated rings. The van der Waals surface area contributed by atoms with E-state index in [2.05, 4.69) is 10.1 Å². The summed E-state index contributed by atoms with van der Waals surface area (Å²) in [6.07, 6.45) is 2.32. The van der Waals surface area contributed by atoms with E-state index in [0.717, 1.165) is 18.1 Å². The summed E-state index contributed by atoms with van der Waals surface area (Å²) in [5.41, 5.74) is 1.92. The summed E-state index contributed by atoms with van der Waals surface area (Å²) in [6, 6.07) is 4.54. The first-order chi connectivity index (χ1) is 16.2. The van der Waals surface area contributed by atoms with Crippen LogP contribution in [0.15, 0.2) is 30.6 Å². The lowest BCUT2D eigenvalue weighted by Crippen LogP contribution is -2.44. The zero-order chi connectivity index (χ0) is 24.1. The molecule has 0 aliphatic carbocycles. The van der Waals surface area contributed by atoms with Gasteiger partial charge in [0.2, 0.25) is 0 Å². The molecule has 2 aliphatic rings. The van der Waals surface area contributed by atoms with Gasteiger partial charge in [0.25, 0.3) is 11.8 Å². The standard InChI is InChI=1S/C23H19Cl2F2N5O2/c1-12-6-20-15(11-31(12)22(33)13-2-3-16(24)17(25)7-13)21-23(34)30(4-5-32(21)29-20)10-14-18(26)8-28-9-19(14)27/h2-3,7-9,12H,4-6,10-11H2,1H3/t12-/m1/s1. The fraction of sp³-hybridized carbons (Fsp3) is 0.304. The lowest BCUT2D eigenvalue weighted by atomic mass is 9.97. The fourth-order valence-electron chi connectivity index (χ4n) is 4.46. The molecule has 0 radical (unpaired) electrons. The van der Waals surface area contributed by atoms with E-state index >= 15 is 0 Å². The Hall–Kier alpha value is -3.04. The van der Waals surface area contributed by atoms with Crippen molar-refractivity contribution in [2.75, 3.05) is 6.54 Å². The Kier molecular flexibility index (Phi) is 5.77. The third-order valence-electron chi connectivity index (χ3n) is 6.28. The van der Waals surface area contributed by atoms with E-state index in [1.165, 1.54) is 11.0 Å². The summed E-state index contributed by atoms with van der Waals surface area (Å²) < 4.78 is 29.9.